The van der Waals surface area contributed by atoms with Gasteiger partial charge in [0.05, 0.1) is 7.11 Å². The zero-order chi connectivity index (χ0) is 8.69. The van der Waals surface area contributed by atoms with E-state index in [2.05, 4.69) is 9.46 Å². The van der Waals surface area contributed by atoms with E-state index in [0.717, 1.165) is 0 Å². The molecule has 11 heavy (non-hydrogen) atoms. The summed E-state index contributed by atoms with van der Waals surface area (Å²) in [6.45, 7) is 0.151. The third kappa shape index (κ3) is 7.17. The van der Waals surface area contributed by atoms with Crippen molar-refractivity contribution < 1.29 is 18.3 Å². The average molecular weight is 179 g/mol. The summed E-state index contributed by atoms with van der Waals surface area (Å²) in [4.78, 5) is 10.4. The number of nitrogens with one attached hydrogen (secondary N) is 1. The lowest BCUT2D eigenvalue weighted by molar-refractivity contribution is -0.134. The minimum Gasteiger partial charge on any atom is -0.466 e. The van der Waals surface area contributed by atoms with Gasteiger partial charge in [-0.05, 0) is 0 Å². The molecule has 0 saturated heterocycles. The van der Waals surface area contributed by atoms with Gasteiger partial charge in [-0.1, -0.05) is 6.08 Å². The van der Waals surface area contributed by atoms with Crippen molar-refractivity contribution >= 4 is 17.2 Å². The maximum Gasteiger partial charge on any atom is 0.330 e. The topological polar surface area (TPSA) is 75.6 Å². The summed E-state index contributed by atoms with van der Waals surface area (Å²) in [5, 5.41) is 0. The first kappa shape index (κ1) is 10.3. The number of carbonyl (C=O) groups is 1. The highest BCUT2D eigenvalue weighted by Gasteiger charge is 1.90. The summed E-state index contributed by atoms with van der Waals surface area (Å²) >= 11 is -2.04. The van der Waals surface area contributed by atoms with Gasteiger partial charge in [-0.15, -0.1) is 0 Å². The lowest BCUT2D eigenvalue weighted by atomic mass is 10.5. The average Bonchev–Trinajstić information content (AvgIpc) is 1.97. The quantitative estimate of drug-likeness (QED) is 0.344. The van der Waals surface area contributed by atoms with Crippen LogP contribution in [0.4, 0.5) is 0 Å². The molecule has 64 valence electrons. The molecule has 6 heteroatoms. The van der Waals surface area contributed by atoms with E-state index in [9.17, 15) is 9.00 Å². The van der Waals surface area contributed by atoms with Gasteiger partial charge >= 0.3 is 5.97 Å². The van der Waals surface area contributed by atoms with Crippen LogP contribution in [0.25, 0.3) is 0 Å². The number of esters is 1. The molecule has 0 heterocycles. The van der Waals surface area contributed by atoms with Gasteiger partial charge in [0.25, 0.3) is 0 Å². The molecule has 0 aliphatic carbocycles. The van der Waals surface area contributed by atoms with Crippen molar-refractivity contribution in [2.24, 2.45) is 0 Å². The Kier molecular flexibility index (Phi) is 5.63. The fraction of sp³-hybridized carbons (Fsp3) is 0.400. The normalized spacial score (nSPS) is 13.3. The first-order valence-electron chi connectivity index (χ1n) is 2.75. The zero-order valence-corrected chi connectivity index (χ0v) is 6.76. The van der Waals surface area contributed by atoms with Gasteiger partial charge in [0.15, 0.2) is 0 Å². The number of methoxy groups -OCH3 is 1. The van der Waals surface area contributed by atoms with Gasteiger partial charge in [0.1, 0.15) is 0 Å². The minimum atomic E-state index is -2.04. The fourth-order valence-corrected chi connectivity index (χ4v) is 0.581. The molecule has 0 fully saturated rings. The highest BCUT2D eigenvalue weighted by molar-refractivity contribution is 7.77. The van der Waals surface area contributed by atoms with Crippen LogP contribution in [-0.2, 0) is 20.8 Å². The van der Waals surface area contributed by atoms with Crippen molar-refractivity contribution in [3.63, 3.8) is 0 Å². The van der Waals surface area contributed by atoms with Crippen molar-refractivity contribution in [2.75, 3.05) is 13.7 Å². The van der Waals surface area contributed by atoms with E-state index in [4.69, 9.17) is 4.55 Å². The fourth-order valence-electron chi connectivity index (χ4n) is 0.343. The summed E-state index contributed by atoms with van der Waals surface area (Å²) in [7, 11) is 1.25. The lowest BCUT2D eigenvalue weighted by Gasteiger charge is -1.91. The van der Waals surface area contributed by atoms with E-state index in [1.165, 1.54) is 19.3 Å². The number of hydrogen-bond donors (Lipinski definition) is 2. The van der Waals surface area contributed by atoms with Crippen molar-refractivity contribution in [2.45, 2.75) is 0 Å². The molecule has 0 aliphatic heterocycles. The van der Waals surface area contributed by atoms with E-state index < -0.39 is 17.2 Å². The third-order valence-corrected chi connectivity index (χ3v) is 1.19. The smallest absolute Gasteiger partial charge is 0.330 e. The molecule has 5 nitrogen and oxygen atoms in total. The third-order valence-electron chi connectivity index (χ3n) is 0.780. The Hall–Kier alpha value is -0.720. The van der Waals surface area contributed by atoms with Crippen molar-refractivity contribution in [3.8, 4) is 0 Å². The lowest BCUT2D eigenvalue weighted by Crippen LogP contribution is -2.15. The van der Waals surface area contributed by atoms with E-state index in [1.807, 2.05) is 0 Å². The molecule has 0 aromatic rings. The maximum absolute atomic E-state index is 10.4. The van der Waals surface area contributed by atoms with Gasteiger partial charge in [0, 0.05) is 12.6 Å². The van der Waals surface area contributed by atoms with Crippen molar-refractivity contribution in [1.29, 1.82) is 0 Å². The Labute approximate surface area is 66.8 Å². The molecule has 2 N–H and O–H groups in total. The molecule has 0 rings (SSSR count). The molecular weight excluding hydrogens is 170 g/mol. The Bertz CT molecular complexity index is 179. The van der Waals surface area contributed by atoms with Crippen LogP contribution in [0.15, 0.2) is 12.2 Å². The largest absolute Gasteiger partial charge is 0.466 e. The maximum atomic E-state index is 10.4. The van der Waals surface area contributed by atoms with Crippen molar-refractivity contribution in [3.05, 3.63) is 12.2 Å². The summed E-state index contributed by atoms with van der Waals surface area (Å²) in [6, 6.07) is 0. The Morgan fingerprint density at radius 1 is 1.82 bits per heavy atom. The van der Waals surface area contributed by atoms with Gasteiger partial charge in [0.2, 0.25) is 11.3 Å². The van der Waals surface area contributed by atoms with Crippen LogP contribution in [0.1, 0.15) is 0 Å². The summed E-state index contributed by atoms with van der Waals surface area (Å²) < 4.78 is 24.6. The molecule has 1 atom stereocenters. The monoisotopic (exact) mass is 179 g/mol. The molecule has 0 amide bonds. The van der Waals surface area contributed by atoms with Gasteiger partial charge in [-0.25, -0.2) is 13.7 Å². The second-order valence-corrected chi connectivity index (χ2v) is 2.31. The molecule has 1 unspecified atom stereocenters. The molecule has 0 aliphatic rings. The highest BCUT2D eigenvalue weighted by atomic mass is 32.2. The molecule has 0 bridgehead atoms. The number of ether oxygens (including phenoxy) is 1. The van der Waals surface area contributed by atoms with Crippen LogP contribution in [-0.4, -0.2) is 28.4 Å². The van der Waals surface area contributed by atoms with E-state index in [-0.39, 0.29) is 6.54 Å². The van der Waals surface area contributed by atoms with Gasteiger partial charge < -0.3 is 4.74 Å². The highest BCUT2D eigenvalue weighted by Crippen LogP contribution is 1.76. The molecule has 0 radical (unpaired) electrons. The molecule has 0 aromatic carbocycles. The Morgan fingerprint density at radius 3 is 2.91 bits per heavy atom. The predicted octanol–water partition coefficient (Wildman–Crippen LogP) is -0.558. The summed E-state index contributed by atoms with van der Waals surface area (Å²) in [5.74, 6) is -0.490. The minimum absolute atomic E-state index is 0.151. The standard InChI is InChI=1S/C5H9NO4S/c1-10-5(7)3-2-4-6-11(8)9/h2-3,6H,4H2,1H3,(H,8,9). The second-order valence-electron chi connectivity index (χ2n) is 1.52. The molecule has 0 saturated carbocycles. The Morgan fingerprint density at radius 2 is 2.45 bits per heavy atom. The number of hydrogen-bond acceptors (Lipinski definition) is 3. The van der Waals surface area contributed by atoms with Crippen LogP contribution in [0.5, 0.6) is 0 Å². The molecule has 0 aromatic heterocycles. The predicted molar refractivity (Wildman–Crippen MR) is 39.9 cm³/mol. The number of carbonyl (C=O) groups excluding carboxylic acids is 1. The van der Waals surface area contributed by atoms with E-state index >= 15 is 0 Å². The Balaban J connectivity index is 3.45. The number of rotatable bonds is 4. The SMILES string of the molecule is COC(=O)C=CCNS(=O)O. The van der Waals surface area contributed by atoms with Crippen molar-refractivity contribution in [1.82, 2.24) is 4.72 Å². The van der Waals surface area contributed by atoms with Crippen LogP contribution >= 0.6 is 0 Å². The summed E-state index contributed by atoms with van der Waals surface area (Å²) in [5.41, 5.74) is 0. The molecular formula is C5H9NO4S. The van der Waals surface area contributed by atoms with Gasteiger partial charge in [-0.2, -0.15) is 0 Å². The van der Waals surface area contributed by atoms with Crippen LogP contribution in [0.2, 0.25) is 0 Å². The van der Waals surface area contributed by atoms with Crippen LogP contribution in [0, 0.1) is 0 Å². The van der Waals surface area contributed by atoms with E-state index in [0.29, 0.717) is 0 Å². The first-order chi connectivity index (χ1) is 5.16. The van der Waals surface area contributed by atoms with Crippen LogP contribution < -0.4 is 4.72 Å². The first-order valence-corrected chi connectivity index (χ1v) is 3.86. The molecule has 0 spiro atoms. The second kappa shape index (κ2) is 6.02. The van der Waals surface area contributed by atoms with E-state index in [1.54, 1.807) is 0 Å². The summed E-state index contributed by atoms with van der Waals surface area (Å²) in [6.07, 6.45) is 2.56. The van der Waals surface area contributed by atoms with Gasteiger partial charge in [-0.3, -0.25) is 4.55 Å². The van der Waals surface area contributed by atoms with Crippen LogP contribution in [0.3, 0.4) is 0 Å². The zero-order valence-electron chi connectivity index (χ0n) is 5.94.